The molecule has 3 N–H and O–H groups in total. The first kappa shape index (κ1) is 14.2. The van der Waals surface area contributed by atoms with E-state index < -0.39 is 11.9 Å². The van der Waals surface area contributed by atoms with Gasteiger partial charge >= 0.3 is 6.18 Å². The molecule has 0 aliphatic rings. The van der Waals surface area contributed by atoms with Crippen molar-refractivity contribution in [1.29, 1.82) is 0 Å². The summed E-state index contributed by atoms with van der Waals surface area (Å²) in [5, 5.41) is 2.76. The molecule has 5 nitrogen and oxygen atoms in total. The topological polar surface area (TPSA) is 77.0 Å². The van der Waals surface area contributed by atoms with E-state index in [9.17, 15) is 13.2 Å². The molecule has 0 aliphatic heterocycles. The maximum Gasteiger partial charge on any atom is 0.433 e. The second-order valence-corrected chi connectivity index (χ2v) is 4.08. The number of nitrogens with two attached hydrogens (primary N) is 1. The standard InChI is InChI=1S/C12H13F3N4O/c1-2-7-4-19-11(20-7)6-17-9-3-10(12(13,14)15)18-5-8(9)16/h3-5H,2,6,16H2,1H3,(H,17,18). The van der Waals surface area contributed by atoms with E-state index in [1.165, 1.54) is 0 Å². The summed E-state index contributed by atoms with van der Waals surface area (Å²) in [5.74, 6) is 1.09. The van der Waals surface area contributed by atoms with Gasteiger partial charge in [0, 0.05) is 6.42 Å². The van der Waals surface area contributed by atoms with Crippen molar-refractivity contribution >= 4 is 11.4 Å². The van der Waals surface area contributed by atoms with Gasteiger partial charge in [0.2, 0.25) is 5.89 Å². The number of rotatable bonds is 4. The number of pyridine rings is 1. The summed E-state index contributed by atoms with van der Waals surface area (Å²) in [5.41, 5.74) is 4.85. The number of halogens is 3. The van der Waals surface area contributed by atoms with E-state index in [0.717, 1.165) is 12.3 Å². The molecule has 0 atom stereocenters. The van der Waals surface area contributed by atoms with E-state index in [4.69, 9.17) is 10.2 Å². The number of nitrogens with zero attached hydrogens (tertiary/aromatic N) is 2. The Morgan fingerprint density at radius 3 is 2.65 bits per heavy atom. The number of aromatic nitrogens is 2. The quantitative estimate of drug-likeness (QED) is 0.903. The van der Waals surface area contributed by atoms with Crippen LogP contribution in [0.15, 0.2) is 22.9 Å². The Kier molecular flexibility index (Phi) is 3.82. The van der Waals surface area contributed by atoms with Gasteiger partial charge in [-0.1, -0.05) is 6.92 Å². The lowest BCUT2D eigenvalue weighted by atomic mass is 10.2. The molecule has 0 saturated carbocycles. The van der Waals surface area contributed by atoms with Crippen molar-refractivity contribution in [3.63, 3.8) is 0 Å². The van der Waals surface area contributed by atoms with Gasteiger partial charge in [0.15, 0.2) is 0 Å². The molecular formula is C12H13F3N4O. The Balaban J connectivity index is 2.12. The summed E-state index contributed by atoms with van der Waals surface area (Å²) in [6.45, 7) is 2.06. The SMILES string of the molecule is CCc1cnc(CNc2cc(C(F)(F)F)ncc2N)o1. The van der Waals surface area contributed by atoms with Crippen molar-refractivity contribution in [1.82, 2.24) is 9.97 Å². The van der Waals surface area contributed by atoms with Crippen molar-refractivity contribution in [3.8, 4) is 0 Å². The molecule has 8 heteroatoms. The number of nitrogens with one attached hydrogen (secondary N) is 1. The maximum absolute atomic E-state index is 12.5. The molecule has 2 heterocycles. The van der Waals surface area contributed by atoms with Crippen molar-refractivity contribution in [2.45, 2.75) is 26.1 Å². The van der Waals surface area contributed by atoms with Crippen LogP contribution in [-0.4, -0.2) is 9.97 Å². The highest BCUT2D eigenvalue weighted by molar-refractivity contribution is 5.65. The van der Waals surface area contributed by atoms with Gasteiger partial charge < -0.3 is 15.5 Å². The summed E-state index contributed by atoms with van der Waals surface area (Å²) >= 11 is 0. The van der Waals surface area contributed by atoms with Crippen LogP contribution < -0.4 is 11.1 Å². The summed E-state index contributed by atoms with van der Waals surface area (Å²) in [7, 11) is 0. The largest absolute Gasteiger partial charge is 0.444 e. The van der Waals surface area contributed by atoms with Gasteiger partial charge in [0.25, 0.3) is 0 Å². The van der Waals surface area contributed by atoms with Crippen LogP contribution in [0.2, 0.25) is 0 Å². The average molecular weight is 286 g/mol. The third-order valence-electron chi connectivity index (χ3n) is 2.61. The lowest BCUT2D eigenvalue weighted by Gasteiger charge is -2.11. The van der Waals surface area contributed by atoms with E-state index in [0.29, 0.717) is 18.1 Å². The summed E-state index contributed by atoms with van der Waals surface area (Å²) < 4.78 is 43.0. The summed E-state index contributed by atoms with van der Waals surface area (Å²) in [4.78, 5) is 7.25. The van der Waals surface area contributed by atoms with Gasteiger partial charge in [0.1, 0.15) is 11.5 Å². The zero-order valence-corrected chi connectivity index (χ0v) is 10.7. The Hall–Kier alpha value is -2.25. The van der Waals surface area contributed by atoms with Gasteiger partial charge in [-0.25, -0.2) is 9.97 Å². The van der Waals surface area contributed by atoms with E-state index in [1.54, 1.807) is 6.20 Å². The third kappa shape index (κ3) is 3.19. The fraction of sp³-hybridized carbons (Fsp3) is 0.333. The molecule has 0 fully saturated rings. The molecule has 0 spiro atoms. The molecule has 0 amide bonds. The second-order valence-electron chi connectivity index (χ2n) is 4.08. The van der Waals surface area contributed by atoms with Crippen molar-refractivity contribution in [2.75, 3.05) is 11.1 Å². The first-order chi connectivity index (χ1) is 9.40. The van der Waals surface area contributed by atoms with Gasteiger partial charge in [-0.05, 0) is 6.07 Å². The van der Waals surface area contributed by atoms with Gasteiger partial charge in [-0.3, -0.25) is 0 Å². The van der Waals surface area contributed by atoms with Crippen molar-refractivity contribution in [2.24, 2.45) is 0 Å². The first-order valence-electron chi connectivity index (χ1n) is 5.90. The molecular weight excluding hydrogens is 273 g/mol. The van der Waals surface area contributed by atoms with E-state index in [2.05, 4.69) is 15.3 Å². The lowest BCUT2D eigenvalue weighted by Crippen LogP contribution is -2.10. The van der Waals surface area contributed by atoms with Gasteiger partial charge in [-0.2, -0.15) is 13.2 Å². The van der Waals surface area contributed by atoms with Crippen LogP contribution in [0, 0.1) is 0 Å². The number of oxazole rings is 1. The van der Waals surface area contributed by atoms with Crippen LogP contribution in [0.5, 0.6) is 0 Å². The number of hydrogen-bond acceptors (Lipinski definition) is 5. The van der Waals surface area contributed by atoms with Crippen LogP contribution in [0.1, 0.15) is 24.3 Å². The molecule has 2 aromatic rings. The third-order valence-corrected chi connectivity index (χ3v) is 2.61. The number of nitrogen functional groups attached to an aromatic ring is 1. The fourth-order valence-electron chi connectivity index (χ4n) is 1.54. The highest BCUT2D eigenvalue weighted by Crippen LogP contribution is 2.31. The molecule has 2 rings (SSSR count). The van der Waals surface area contributed by atoms with Crippen LogP contribution in [0.25, 0.3) is 0 Å². The normalized spacial score (nSPS) is 11.6. The molecule has 20 heavy (non-hydrogen) atoms. The zero-order valence-electron chi connectivity index (χ0n) is 10.7. The first-order valence-corrected chi connectivity index (χ1v) is 5.90. The highest BCUT2D eigenvalue weighted by Gasteiger charge is 2.32. The van der Waals surface area contributed by atoms with Crippen LogP contribution in [0.4, 0.5) is 24.5 Å². The van der Waals surface area contributed by atoms with Gasteiger partial charge in [-0.15, -0.1) is 0 Å². The maximum atomic E-state index is 12.5. The number of aryl methyl sites for hydroxylation is 1. The molecule has 0 aliphatic carbocycles. The van der Waals surface area contributed by atoms with Crippen LogP contribution in [-0.2, 0) is 19.1 Å². The Bertz CT molecular complexity index is 595. The van der Waals surface area contributed by atoms with Crippen molar-refractivity contribution in [3.05, 3.63) is 35.8 Å². The minimum absolute atomic E-state index is 0.125. The van der Waals surface area contributed by atoms with E-state index >= 15 is 0 Å². The minimum Gasteiger partial charge on any atom is -0.444 e. The molecule has 0 saturated heterocycles. The lowest BCUT2D eigenvalue weighted by molar-refractivity contribution is -0.141. The summed E-state index contributed by atoms with van der Waals surface area (Å²) in [6.07, 6.45) is -1.27. The van der Waals surface area contributed by atoms with E-state index in [-0.39, 0.29) is 17.9 Å². The fourth-order valence-corrected chi connectivity index (χ4v) is 1.54. The smallest absolute Gasteiger partial charge is 0.433 e. The molecule has 108 valence electrons. The van der Waals surface area contributed by atoms with Crippen LogP contribution in [0.3, 0.4) is 0 Å². The predicted molar refractivity (Wildman–Crippen MR) is 66.9 cm³/mol. The monoisotopic (exact) mass is 286 g/mol. The Morgan fingerprint density at radius 2 is 2.05 bits per heavy atom. The van der Waals surface area contributed by atoms with Crippen LogP contribution >= 0.6 is 0 Å². The average Bonchev–Trinajstić information content (AvgIpc) is 2.84. The molecule has 0 radical (unpaired) electrons. The molecule has 0 unspecified atom stereocenters. The zero-order chi connectivity index (χ0) is 14.8. The summed E-state index contributed by atoms with van der Waals surface area (Å²) in [6, 6.07) is 0.860. The predicted octanol–water partition coefficient (Wildman–Crippen LogP) is 2.85. The molecule has 0 bridgehead atoms. The van der Waals surface area contributed by atoms with Crippen molar-refractivity contribution < 1.29 is 17.6 Å². The number of hydrogen-bond donors (Lipinski definition) is 2. The van der Waals surface area contributed by atoms with Gasteiger partial charge in [0.05, 0.1) is 30.3 Å². The number of alkyl halides is 3. The Labute approximate surface area is 113 Å². The molecule has 0 aromatic carbocycles. The second kappa shape index (κ2) is 5.40. The highest BCUT2D eigenvalue weighted by atomic mass is 19.4. The molecule has 2 aromatic heterocycles. The number of anilines is 2. The minimum atomic E-state index is -4.51. The Morgan fingerprint density at radius 1 is 1.30 bits per heavy atom. The van der Waals surface area contributed by atoms with E-state index in [1.807, 2.05) is 6.92 Å².